The predicted octanol–water partition coefficient (Wildman–Crippen LogP) is 0.968. The maximum absolute atomic E-state index is 11.4. The summed E-state index contributed by atoms with van der Waals surface area (Å²) in [6, 6.07) is 0. The van der Waals surface area contributed by atoms with Crippen LogP contribution in [0.25, 0.3) is 0 Å². The minimum Gasteiger partial charge on any atom is -0.481 e. The van der Waals surface area contributed by atoms with Crippen LogP contribution in [0.1, 0.15) is 33.1 Å². The van der Waals surface area contributed by atoms with Crippen LogP contribution in [0.15, 0.2) is 0 Å². The van der Waals surface area contributed by atoms with Crippen molar-refractivity contribution in [3.05, 3.63) is 0 Å². The Morgan fingerprint density at radius 3 is 2.72 bits per heavy atom. The lowest BCUT2D eigenvalue weighted by Crippen LogP contribution is -2.45. The molecule has 0 bridgehead atoms. The Labute approximate surface area is 107 Å². The van der Waals surface area contributed by atoms with Crippen LogP contribution in [-0.4, -0.2) is 43.3 Å². The molecule has 1 aliphatic heterocycles. The molecular weight excluding hydrogens is 237 g/mol. The fourth-order valence-electron chi connectivity index (χ4n) is 1.59. The smallest absolute Gasteiger partial charge is 0.406 e. The van der Waals surface area contributed by atoms with Crippen LogP contribution in [-0.2, 0) is 14.2 Å². The van der Waals surface area contributed by atoms with E-state index in [1.807, 2.05) is 13.8 Å². The van der Waals surface area contributed by atoms with Gasteiger partial charge in [0, 0.05) is 5.94 Å². The first-order valence-electron chi connectivity index (χ1n) is 6.11. The van der Waals surface area contributed by atoms with E-state index in [9.17, 15) is 9.59 Å². The third-order valence-electron chi connectivity index (χ3n) is 2.49. The van der Waals surface area contributed by atoms with Crippen molar-refractivity contribution in [3.63, 3.8) is 0 Å². The first kappa shape index (κ1) is 14.8. The summed E-state index contributed by atoms with van der Waals surface area (Å²) in [4.78, 5) is 21.9. The van der Waals surface area contributed by atoms with E-state index < -0.39 is 12.1 Å². The van der Waals surface area contributed by atoms with Crippen molar-refractivity contribution in [1.82, 2.24) is 5.32 Å². The number of alkyl carbamates (subject to hydrolysis) is 1. The molecule has 0 aromatic rings. The van der Waals surface area contributed by atoms with Crippen molar-refractivity contribution in [2.45, 2.75) is 45.2 Å². The van der Waals surface area contributed by atoms with Crippen LogP contribution in [0.5, 0.6) is 0 Å². The maximum Gasteiger partial charge on any atom is 0.406 e. The second-order valence-electron chi connectivity index (χ2n) is 4.81. The molecule has 6 nitrogen and oxygen atoms in total. The Kier molecular flexibility index (Phi) is 5.98. The largest absolute Gasteiger partial charge is 0.481 e. The van der Waals surface area contributed by atoms with Gasteiger partial charge in [0.1, 0.15) is 0 Å². The standard InChI is InChI=1S/C11H19BNO5/c1-7(2)6-17-11(16)13-9-4-3-8(18-12-9)5-10(14)15/h7-9H,3-6H2,1-2H3,(H,13,16)(H,14,15)/t8-,9-/m0/s1. The molecular formula is C11H19BNO5. The summed E-state index contributed by atoms with van der Waals surface area (Å²) < 4.78 is 10.2. The lowest BCUT2D eigenvalue weighted by atomic mass is 9.79. The molecule has 1 saturated heterocycles. The van der Waals surface area contributed by atoms with Crippen LogP contribution in [0.3, 0.4) is 0 Å². The number of carboxylic acid groups (broad SMARTS) is 1. The van der Waals surface area contributed by atoms with E-state index in [2.05, 4.69) is 5.32 Å². The monoisotopic (exact) mass is 256 g/mol. The number of nitrogens with one attached hydrogen (secondary N) is 1. The highest BCUT2D eigenvalue weighted by Crippen LogP contribution is 2.15. The molecule has 0 unspecified atom stereocenters. The van der Waals surface area contributed by atoms with E-state index >= 15 is 0 Å². The Balaban J connectivity index is 2.18. The van der Waals surface area contributed by atoms with Gasteiger partial charge in [0.15, 0.2) is 0 Å². The zero-order valence-corrected chi connectivity index (χ0v) is 10.7. The molecule has 1 radical (unpaired) electrons. The van der Waals surface area contributed by atoms with Crippen molar-refractivity contribution in [2.24, 2.45) is 5.92 Å². The summed E-state index contributed by atoms with van der Waals surface area (Å²) in [5, 5.41) is 11.3. The van der Waals surface area contributed by atoms with Gasteiger partial charge < -0.3 is 19.8 Å². The minimum atomic E-state index is -0.879. The number of ether oxygens (including phenoxy) is 1. The molecule has 2 N–H and O–H groups in total. The predicted molar refractivity (Wildman–Crippen MR) is 65.2 cm³/mol. The number of rotatable bonds is 5. The average Bonchev–Trinajstić information content (AvgIpc) is 2.28. The van der Waals surface area contributed by atoms with E-state index in [4.69, 9.17) is 14.5 Å². The maximum atomic E-state index is 11.4. The van der Waals surface area contributed by atoms with Gasteiger partial charge >= 0.3 is 19.5 Å². The summed E-state index contributed by atoms with van der Waals surface area (Å²) in [7, 11) is 1.48. The number of carbonyl (C=O) groups excluding carboxylic acids is 1. The van der Waals surface area contributed by atoms with Gasteiger partial charge in [0.05, 0.1) is 19.1 Å². The third kappa shape index (κ3) is 5.91. The van der Waals surface area contributed by atoms with Gasteiger partial charge in [0.2, 0.25) is 0 Å². The zero-order chi connectivity index (χ0) is 13.5. The van der Waals surface area contributed by atoms with Crippen molar-refractivity contribution >= 4 is 19.5 Å². The van der Waals surface area contributed by atoms with Gasteiger partial charge in [-0.15, -0.1) is 0 Å². The van der Waals surface area contributed by atoms with Gasteiger partial charge in [-0.05, 0) is 18.8 Å². The Hall–Kier alpha value is -1.24. The lowest BCUT2D eigenvalue weighted by Gasteiger charge is -2.27. The average molecular weight is 256 g/mol. The quantitative estimate of drug-likeness (QED) is 0.716. The molecule has 1 amide bonds. The Morgan fingerprint density at radius 1 is 1.50 bits per heavy atom. The second-order valence-corrected chi connectivity index (χ2v) is 4.81. The number of hydrogen-bond acceptors (Lipinski definition) is 4. The highest BCUT2D eigenvalue weighted by Gasteiger charge is 2.26. The number of carboxylic acids is 1. The molecule has 1 aliphatic rings. The lowest BCUT2D eigenvalue weighted by molar-refractivity contribution is -0.139. The minimum absolute atomic E-state index is 0.0129. The molecule has 7 heteroatoms. The summed E-state index contributed by atoms with van der Waals surface area (Å²) >= 11 is 0. The molecule has 0 aromatic heterocycles. The summed E-state index contributed by atoms with van der Waals surface area (Å²) in [5.41, 5.74) is 0. The third-order valence-corrected chi connectivity index (χ3v) is 2.49. The molecule has 0 aliphatic carbocycles. The van der Waals surface area contributed by atoms with Crippen LogP contribution >= 0.6 is 0 Å². The zero-order valence-electron chi connectivity index (χ0n) is 10.7. The van der Waals surface area contributed by atoms with Crippen LogP contribution in [0.4, 0.5) is 4.79 Å². The second kappa shape index (κ2) is 7.26. The summed E-state index contributed by atoms with van der Waals surface area (Å²) in [5.74, 6) is -0.798. The van der Waals surface area contributed by atoms with E-state index in [0.717, 1.165) is 0 Å². The first-order valence-corrected chi connectivity index (χ1v) is 6.11. The first-order chi connectivity index (χ1) is 8.47. The number of amides is 1. The van der Waals surface area contributed by atoms with Crippen molar-refractivity contribution in [3.8, 4) is 0 Å². The molecule has 0 aromatic carbocycles. The molecule has 0 spiro atoms. The van der Waals surface area contributed by atoms with Crippen molar-refractivity contribution in [2.75, 3.05) is 6.61 Å². The van der Waals surface area contributed by atoms with Crippen molar-refractivity contribution in [1.29, 1.82) is 0 Å². The number of hydrogen-bond donors (Lipinski definition) is 2. The Bertz CT molecular complexity index is 289. The van der Waals surface area contributed by atoms with E-state index in [0.29, 0.717) is 25.4 Å². The van der Waals surface area contributed by atoms with Gasteiger partial charge in [-0.25, -0.2) is 4.79 Å². The fourth-order valence-corrected chi connectivity index (χ4v) is 1.59. The highest BCUT2D eigenvalue weighted by molar-refractivity contribution is 6.30. The van der Waals surface area contributed by atoms with E-state index in [1.165, 1.54) is 7.48 Å². The van der Waals surface area contributed by atoms with Crippen molar-refractivity contribution < 1.29 is 24.1 Å². The molecule has 0 saturated carbocycles. The molecule has 18 heavy (non-hydrogen) atoms. The number of carbonyl (C=O) groups is 2. The Morgan fingerprint density at radius 2 is 2.22 bits per heavy atom. The number of aliphatic carboxylic acids is 1. The highest BCUT2D eigenvalue weighted by atomic mass is 16.5. The summed E-state index contributed by atoms with van der Waals surface area (Å²) in [6.07, 6.45) is 0.491. The molecule has 2 atom stereocenters. The topological polar surface area (TPSA) is 84.9 Å². The molecule has 1 rings (SSSR count). The molecule has 101 valence electrons. The van der Waals surface area contributed by atoms with Crippen LogP contribution < -0.4 is 5.32 Å². The SMILES string of the molecule is CC(C)COC(=O)N[C@@H]1[B]O[C@H](CC(=O)O)CC1. The summed E-state index contributed by atoms with van der Waals surface area (Å²) in [6.45, 7) is 4.29. The fraction of sp³-hybridized carbons (Fsp3) is 0.818. The van der Waals surface area contributed by atoms with Gasteiger partial charge in [-0.3, -0.25) is 4.79 Å². The molecule has 1 fully saturated rings. The van der Waals surface area contributed by atoms with Gasteiger partial charge in [0.25, 0.3) is 0 Å². The normalized spacial score (nSPS) is 23.3. The van der Waals surface area contributed by atoms with Gasteiger partial charge in [-0.2, -0.15) is 0 Å². The molecule has 1 heterocycles. The van der Waals surface area contributed by atoms with Crippen LogP contribution in [0, 0.1) is 5.92 Å². The van der Waals surface area contributed by atoms with Crippen LogP contribution in [0.2, 0.25) is 0 Å². The van der Waals surface area contributed by atoms with E-state index in [1.54, 1.807) is 0 Å². The van der Waals surface area contributed by atoms with Gasteiger partial charge in [-0.1, -0.05) is 13.8 Å². The van der Waals surface area contributed by atoms with E-state index in [-0.39, 0.29) is 18.5 Å².